The molecule has 0 spiro atoms. The third kappa shape index (κ3) is 4.60. The van der Waals surface area contributed by atoms with Gasteiger partial charge in [-0.05, 0) is 64.7 Å². The van der Waals surface area contributed by atoms with Gasteiger partial charge in [0.2, 0.25) is 0 Å². The number of amidine groups is 1. The molecule has 6 heteroatoms. The zero-order chi connectivity index (χ0) is 23.5. The van der Waals surface area contributed by atoms with Crippen LogP contribution in [-0.4, -0.2) is 16.0 Å². The van der Waals surface area contributed by atoms with E-state index in [-0.39, 0.29) is 5.91 Å². The molecule has 4 aromatic carbocycles. The molecule has 0 aliphatic carbocycles. The van der Waals surface area contributed by atoms with E-state index in [0.29, 0.717) is 27.2 Å². The molecule has 1 aliphatic rings. The summed E-state index contributed by atoms with van der Waals surface area (Å²) in [5.74, 6) is -0.108. The Hall–Kier alpha value is -3.85. The van der Waals surface area contributed by atoms with Crippen molar-refractivity contribution in [2.45, 2.75) is 6.54 Å². The summed E-state index contributed by atoms with van der Waals surface area (Å²) in [5.41, 5.74) is 3.21. The summed E-state index contributed by atoms with van der Waals surface area (Å²) in [4.78, 5) is 20.7. The minimum atomic E-state index is -0.108. The Morgan fingerprint density at radius 1 is 0.941 bits per heavy atom. The number of amides is 1. The molecule has 1 heterocycles. The fourth-order valence-corrected chi connectivity index (χ4v) is 4.83. The van der Waals surface area contributed by atoms with E-state index in [1.165, 1.54) is 11.8 Å². The van der Waals surface area contributed by atoms with Crippen molar-refractivity contribution >= 4 is 57.0 Å². The Morgan fingerprint density at radius 3 is 2.44 bits per heavy atom. The standard InChI is InChI=1S/C28H18ClN3OS/c29-23-14-12-21(13-15-23)18-32-27(33)26(16-19-8-10-20(17-30)11-9-19)34-28(32)31-25-7-3-5-22-4-1-2-6-24(22)25/h1-16H,18H2/b26-16-,31-28?. The predicted molar refractivity (Wildman–Crippen MR) is 140 cm³/mol. The highest BCUT2D eigenvalue weighted by atomic mass is 35.5. The van der Waals surface area contributed by atoms with Gasteiger partial charge in [0.05, 0.1) is 28.8 Å². The van der Waals surface area contributed by atoms with Crippen LogP contribution in [0.1, 0.15) is 16.7 Å². The molecule has 0 N–H and O–H groups in total. The van der Waals surface area contributed by atoms with Gasteiger partial charge in [0.25, 0.3) is 5.91 Å². The van der Waals surface area contributed by atoms with Crippen LogP contribution >= 0.6 is 23.4 Å². The molecule has 0 unspecified atom stereocenters. The first-order valence-corrected chi connectivity index (χ1v) is 11.8. The average molecular weight is 480 g/mol. The third-order valence-corrected chi connectivity index (χ3v) is 6.72. The normalized spacial score (nSPS) is 15.9. The van der Waals surface area contributed by atoms with Gasteiger partial charge in [-0.2, -0.15) is 5.26 Å². The van der Waals surface area contributed by atoms with E-state index >= 15 is 0 Å². The molecular formula is C28H18ClN3OS. The van der Waals surface area contributed by atoms with Gasteiger partial charge < -0.3 is 0 Å². The van der Waals surface area contributed by atoms with E-state index in [1.807, 2.05) is 84.9 Å². The van der Waals surface area contributed by atoms with Crippen LogP contribution in [0, 0.1) is 11.3 Å². The van der Waals surface area contributed by atoms with Crippen molar-refractivity contribution in [3.05, 3.63) is 118 Å². The number of aliphatic imine (C=N–C) groups is 1. The molecule has 1 aliphatic heterocycles. The van der Waals surface area contributed by atoms with Crippen molar-refractivity contribution in [1.29, 1.82) is 5.26 Å². The fourth-order valence-electron chi connectivity index (χ4n) is 3.72. The number of halogens is 1. The topological polar surface area (TPSA) is 56.5 Å². The number of rotatable bonds is 4. The molecule has 5 rings (SSSR count). The minimum absolute atomic E-state index is 0.108. The molecule has 0 atom stereocenters. The van der Waals surface area contributed by atoms with Gasteiger partial charge in [-0.15, -0.1) is 0 Å². The second kappa shape index (κ2) is 9.56. The van der Waals surface area contributed by atoms with E-state index < -0.39 is 0 Å². The second-order valence-electron chi connectivity index (χ2n) is 7.75. The van der Waals surface area contributed by atoms with Crippen molar-refractivity contribution in [2.75, 3.05) is 0 Å². The molecule has 1 amide bonds. The Balaban J connectivity index is 1.55. The number of hydrogen-bond donors (Lipinski definition) is 0. The fraction of sp³-hybridized carbons (Fsp3) is 0.0357. The molecule has 1 saturated heterocycles. The van der Waals surface area contributed by atoms with Crippen LogP contribution in [0.25, 0.3) is 16.8 Å². The number of carbonyl (C=O) groups excluding carboxylic acids is 1. The minimum Gasteiger partial charge on any atom is -0.282 e. The van der Waals surface area contributed by atoms with E-state index in [4.69, 9.17) is 21.9 Å². The van der Waals surface area contributed by atoms with Crippen molar-refractivity contribution in [3.8, 4) is 6.07 Å². The number of nitriles is 1. The Kier molecular flexibility index (Phi) is 6.18. The van der Waals surface area contributed by atoms with Gasteiger partial charge >= 0.3 is 0 Å². The lowest BCUT2D eigenvalue weighted by Gasteiger charge is -2.16. The summed E-state index contributed by atoms with van der Waals surface area (Å²) in [7, 11) is 0. The zero-order valence-corrected chi connectivity index (χ0v) is 19.6. The average Bonchev–Trinajstić information content (AvgIpc) is 3.15. The van der Waals surface area contributed by atoms with E-state index in [1.54, 1.807) is 17.0 Å². The summed E-state index contributed by atoms with van der Waals surface area (Å²) in [6.45, 7) is 0.386. The number of nitrogens with zero attached hydrogens (tertiary/aromatic N) is 3. The SMILES string of the molecule is N#Cc1ccc(/C=C2\SC(=Nc3cccc4ccccc34)N(Cc3ccc(Cl)cc3)C2=O)cc1. The number of carbonyl (C=O) groups is 1. The molecule has 1 fully saturated rings. The van der Waals surface area contributed by atoms with Crippen LogP contribution in [0.5, 0.6) is 0 Å². The van der Waals surface area contributed by atoms with Gasteiger partial charge in [0.1, 0.15) is 0 Å². The highest BCUT2D eigenvalue weighted by molar-refractivity contribution is 8.18. The molecular weight excluding hydrogens is 462 g/mol. The van der Waals surface area contributed by atoms with E-state index in [9.17, 15) is 4.79 Å². The summed E-state index contributed by atoms with van der Waals surface area (Å²) in [6.07, 6.45) is 1.84. The quantitative estimate of drug-likeness (QED) is 0.291. The van der Waals surface area contributed by atoms with Crippen molar-refractivity contribution in [2.24, 2.45) is 4.99 Å². The lowest BCUT2D eigenvalue weighted by molar-refractivity contribution is -0.122. The molecule has 0 aromatic heterocycles. The highest BCUT2D eigenvalue weighted by Gasteiger charge is 2.33. The van der Waals surface area contributed by atoms with E-state index in [0.717, 1.165) is 27.6 Å². The first-order valence-electron chi connectivity index (χ1n) is 10.6. The van der Waals surface area contributed by atoms with Gasteiger partial charge in [-0.1, -0.05) is 72.3 Å². The number of benzene rings is 4. The van der Waals surface area contributed by atoms with Crippen molar-refractivity contribution in [3.63, 3.8) is 0 Å². The lowest BCUT2D eigenvalue weighted by Crippen LogP contribution is -2.28. The molecule has 4 nitrogen and oxygen atoms in total. The van der Waals surface area contributed by atoms with Crippen LogP contribution in [0.3, 0.4) is 0 Å². The van der Waals surface area contributed by atoms with Crippen LogP contribution < -0.4 is 0 Å². The van der Waals surface area contributed by atoms with Gasteiger partial charge in [0, 0.05) is 10.4 Å². The van der Waals surface area contributed by atoms with Crippen LogP contribution in [0.4, 0.5) is 5.69 Å². The van der Waals surface area contributed by atoms with Crippen molar-refractivity contribution < 1.29 is 4.79 Å². The smallest absolute Gasteiger partial charge is 0.267 e. The Labute approximate surface area is 206 Å². The summed E-state index contributed by atoms with van der Waals surface area (Å²) in [6, 6.07) is 30.8. The number of thioether (sulfide) groups is 1. The molecule has 0 radical (unpaired) electrons. The Bertz CT molecular complexity index is 1480. The van der Waals surface area contributed by atoms with Crippen LogP contribution in [0.2, 0.25) is 5.02 Å². The highest BCUT2D eigenvalue weighted by Crippen LogP contribution is 2.36. The molecule has 164 valence electrons. The Morgan fingerprint density at radius 2 is 1.68 bits per heavy atom. The number of fused-ring (bicyclic) bond motifs is 1. The van der Waals surface area contributed by atoms with Crippen LogP contribution in [0.15, 0.2) is 101 Å². The maximum Gasteiger partial charge on any atom is 0.267 e. The molecule has 0 saturated carbocycles. The summed E-state index contributed by atoms with van der Waals surface area (Å²) >= 11 is 7.40. The van der Waals surface area contributed by atoms with Gasteiger partial charge in [0.15, 0.2) is 5.17 Å². The largest absolute Gasteiger partial charge is 0.282 e. The van der Waals surface area contributed by atoms with Gasteiger partial charge in [-0.3, -0.25) is 9.69 Å². The third-order valence-electron chi connectivity index (χ3n) is 5.46. The monoisotopic (exact) mass is 479 g/mol. The molecule has 0 bridgehead atoms. The lowest BCUT2D eigenvalue weighted by atomic mass is 10.1. The zero-order valence-electron chi connectivity index (χ0n) is 18.0. The molecule has 34 heavy (non-hydrogen) atoms. The summed E-state index contributed by atoms with van der Waals surface area (Å²) < 4.78 is 0. The first kappa shape index (κ1) is 22.0. The second-order valence-corrected chi connectivity index (χ2v) is 9.20. The van der Waals surface area contributed by atoms with Crippen LogP contribution in [-0.2, 0) is 11.3 Å². The maximum absolute atomic E-state index is 13.4. The number of hydrogen-bond acceptors (Lipinski definition) is 4. The van der Waals surface area contributed by atoms with Gasteiger partial charge in [-0.25, -0.2) is 4.99 Å². The van der Waals surface area contributed by atoms with E-state index in [2.05, 4.69) is 6.07 Å². The van der Waals surface area contributed by atoms with Crippen molar-refractivity contribution in [1.82, 2.24) is 4.90 Å². The first-order chi connectivity index (χ1) is 16.6. The summed E-state index contributed by atoms with van der Waals surface area (Å²) in [5, 5.41) is 12.4. The maximum atomic E-state index is 13.4. The molecule has 4 aromatic rings. The predicted octanol–water partition coefficient (Wildman–Crippen LogP) is 7.17.